The molecule has 0 unspecified atom stereocenters. The number of hydrogen-bond acceptors (Lipinski definition) is 3. The fourth-order valence-electron chi connectivity index (χ4n) is 3.15. The normalized spacial score (nSPS) is 19.5. The van der Waals surface area contributed by atoms with Crippen molar-refractivity contribution in [3.63, 3.8) is 0 Å². The van der Waals surface area contributed by atoms with Crippen molar-refractivity contribution in [2.24, 2.45) is 0 Å². The Morgan fingerprint density at radius 3 is 2.33 bits per heavy atom. The molecule has 2 aromatic carbocycles. The van der Waals surface area contributed by atoms with Crippen molar-refractivity contribution >= 4 is 29.3 Å². The van der Waals surface area contributed by atoms with E-state index in [1.165, 1.54) is 0 Å². The average molecular weight is 385 g/mol. The fraction of sp³-hybridized carbons (Fsp3) is 0.286. The zero-order valence-corrected chi connectivity index (χ0v) is 16.2. The minimum atomic E-state index is -1.20. The molecule has 5 nitrogen and oxygen atoms in total. The lowest BCUT2D eigenvalue weighted by Gasteiger charge is -2.22. The molecule has 1 aliphatic heterocycles. The van der Waals surface area contributed by atoms with Crippen molar-refractivity contribution in [1.29, 1.82) is 0 Å². The number of ketones is 1. The van der Waals surface area contributed by atoms with E-state index < -0.39 is 17.5 Å². The van der Waals surface area contributed by atoms with E-state index in [9.17, 15) is 14.4 Å². The molecular formula is C21H21ClN2O3. The maximum atomic E-state index is 13.0. The summed E-state index contributed by atoms with van der Waals surface area (Å²) < 4.78 is 0. The van der Waals surface area contributed by atoms with E-state index in [1.54, 1.807) is 31.2 Å². The number of benzene rings is 2. The van der Waals surface area contributed by atoms with Crippen molar-refractivity contribution < 1.29 is 14.4 Å². The molecule has 1 N–H and O–H groups in total. The van der Waals surface area contributed by atoms with Gasteiger partial charge >= 0.3 is 6.03 Å². The van der Waals surface area contributed by atoms with Gasteiger partial charge in [-0.25, -0.2) is 4.79 Å². The monoisotopic (exact) mass is 384 g/mol. The number of Topliss-reactive ketones (excluding diaryl/α,β-unsaturated/α-hetero) is 1. The van der Waals surface area contributed by atoms with Gasteiger partial charge in [0, 0.05) is 5.56 Å². The largest absolute Gasteiger partial charge is 0.325 e. The van der Waals surface area contributed by atoms with Crippen LogP contribution in [-0.2, 0) is 10.3 Å². The van der Waals surface area contributed by atoms with Crippen molar-refractivity contribution in [2.75, 3.05) is 6.54 Å². The number of halogens is 1. The highest BCUT2D eigenvalue weighted by Crippen LogP contribution is 2.30. The van der Waals surface area contributed by atoms with Gasteiger partial charge in [-0.05, 0) is 36.1 Å². The van der Waals surface area contributed by atoms with Gasteiger partial charge in [0.05, 0.1) is 11.6 Å². The minimum Gasteiger partial charge on any atom is -0.319 e. The van der Waals surface area contributed by atoms with Crippen LogP contribution in [0.3, 0.4) is 0 Å². The summed E-state index contributed by atoms with van der Waals surface area (Å²) in [5.41, 5.74) is 0.908. The lowest BCUT2D eigenvalue weighted by Crippen LogP contribution is -2.41. The van der Waals surface area contributed by atoms with Gasteiger partial charge in [-0.2, -0.15) is 0 Å². The van der Waals surface area contributed by atoms with Gasteiger partial charge in [0.25, 0.3) is 5.91 Å². The Balaban J connectivity index is 1.84. The second kappa shape index (κ2) is 7.16. The van der Waals surface area contributed by atoms with Crippen LogP contribution in [0.4, 0.5) is 4.79 Å². The molecule has 1 atom stereocenters. The molecule has 0 spiro atoms. The van der Waals surface area contributed by atoms with Crippen LogP contribution in [0.2, 0.25) is 5.02 Å². The first-order valence-corrected chi connectivity index (χ1v) is 9.14. The maximum absolute atomic E-state index is 13.0. The molecule has 0 aliphatic carbocycles. The van der Waals surface area contributed by atoms with Gasteiger partial charge in [-0.15, -0.1) is 0 Å². The smallest absolute Gasteiger partial charge is 0.319 e. The first-order chi connectivity index (χ1) is 12.7. The van der Waals surface area contributed by atoms with E-state index >= 15 is 0 Å². The molecule has 1 heterocycles. The number of carbonyl (C=O) groups excluding carboxylic acids is 3. The van der Waals surface area contributed by atoms with Gasteiger partial charge in [0.1, 0.15) is 5.54 Å². The highest BCUT2D eigenvalue weighted by molar-refractivity contribution is 6.34. The summed E-state index contributed by atoms with van der Waals surface area (Å²) in [5.74, 6) is -0.473. The molecule has 1 fully saturated rings. The van der Waals surface area contributed by atoms with Gasteiger partial charge in [-0.1, -0.05) is 61.8 Å². The molecule has 3 amide bonds. The van der Waals surface area contributed by atoms with Crippen LogP contribution < -0.4 is 5.32 Å². The third-order valence-corrected chi connectivity index (χ3v) is 5.24. The highest BCUT2D eigenvalue weighted by Gasteiger charge is 2.49. The number of hydrogen-bond donors (Lipinski definition) is 1. The van der Waals surface area contributed by atoms with E-state index in [2.05, 4.69) is 19.2 Å². The fourth-order valence-corrected chi connectivity index (χ4v) is 3.39. The summed E-state index contributed by atoms with van der Waals surface area (Å²) in [6, 6.07) is 13.6. The zero-order valence-electron chi connectivity index (χ0n) is 15.5. The van der Waals surface area contributed by atoms with Gasteiger partial charge in [0.2, 0.25) is 0 Å². The molecule has 1 saturated heterocycles. The summed E-state index contributed by atoms with van der Waals surface area (Å²) in [6.45, 7) is 5.47. The Hall–Kier alpha value is -2.66. The highest BCUT2D eigenvalue weighted by atomic mass is 35.5. The molecule has 0 saturated carbocycles. The number of amides is 3. The summed E-state index contributed by atoms with van der Waals surface area (Å²) in [7, 11) is 0. The average Bonchev–Trinajstić information content (AvgIpc) is 2.86. The summed E-state index contributed by atoms with van der Waals surface area (Å²) in [5, 5.41) is 3.01. The quantitative estimate of drug-likeness (QED) is 0.623. The van der Waals surface area contributed by atoms with Gasteiger partial charge in [-0.3, -0.25) is 14.5 Å². The standard InChI is InChI=1S/C21H21ClN2O3/c1-13(2)14-8-10-15(11-9-14)21(3)19(26)24(20(27)23-21)12-18(25)16-6-4-5-7-17(16)22/h4-11,13H,12H2,1-3H3,(H,23,27)/t21-/m1/s1. The Morgan fingerprint density at radius 2 is 1.74 bits per heavy atom. The molecule has 0 aromatic heterocycles. The van der Waals surface area contributed by atoms with Crippen LogP contribution in [0.5, 0.6) is 0 Å². The number of imide groups is 1. The lowest BCUT2D eigenvalue weighted by molar-refractivity contribution is -0.130. The van der Waals surface area contributed by atoms with E-state index in [0.29, 0.717) is 16.5 Å². The first kappa shape index (κ1) is 19.1. The van der Waals surface area contributed by atoms with Crippen molar-refractivity contribution in [3.8, 4) is 0 Å². The van der Waals surface area contributed by atoms with Crippen LogP contribution in [0, 0.1) is 0 Å². The SMILES string of the molecule is CC(C)c1ccc([C@@]2(C)NC(=O)N(CC(=O)c3ccccc3Cl)C2=O)cc1. The molecule has 3 rings (SSSR count). The van der Waals surface area contributed by atoms with E-state index in [4.69, 9.17) is 11.6 Å². The summed E-state index contributed by atoms with van der Waals surface area (Å²) in [4.78, 5) is 38.8. The molecule has 1 aliphatic rings. The summed E-state index contributed by atoms with van der Waals surface area (Å²) >= 11 is 6.04. The molecule has 0 bridgehead atoms. The number of carbonyl (C=O) groups is 3. The van der Waals surface area contributed by atoms with Crippen LogP contribution in [0.15, 0.2) is 48.5 Å². The lowest BCUT2D eigenvalue weighted by atomic mass is 9.90. The van der Waals surface area contributed by atoms with Crippen LogP contribution in [0.25, 0.3) is 0 Å². The number of urea groups is 1. The van der Waals surface area contributed by atoms with E-state index in [0.717, 1.165) is 10.5 Å². The minimum absolute atomic E-state index is 0.287. The van der Waals surface area contributed by atoms with Crippen molar-refractivity contribution in [3.05, 3.63) is 70.2 Å². The molecule has 27 heavy (non-hydrogen) atoms. The first-order valence-electron chi connectivity index (χ1n) is 8.76. The van der Waals surface area contributed by atoms with Gasteiger partial charge in [0.15, 0.2) is 5.78 Å². The summed E-state index contributed by atoms with van der Waals surface area (Å²) in [6.07, 6.45) is 0. The van der Waals surface area contributed by atoms with Crippen molar-refractivity contribution in [1.82, 2.24) is 10.2 Å². The molecular weight excluding hydrogens is 364 g/mol. The predicted octanol–water partition coefficient (Wildman–Crippen LogP) is 4.11. The van der Waals surface area contributed by atoms with Crippen LogP contribution >= 0.6 is 11.6 Å². The molecule has 140 valence electrons. The maximum Gasteiger partial charge on any atom is 0.325 e. The number of rotatable bonds is 5. The van der Waals surface area contributed by atoms with E-state index in [1.807, 2.05) is 24.3 Å². The topological polar surface area (TPSA) is 66.5 Å². The second-order valence-electron chi connectivity index (χ2n) is 7.13. The third-order valence-electron chi connectivity index (χ3n) is 4.91. The second-order valence-corrected chi connectivity index (χ2v) is 7.53. The molecule has 0 radical (unpaired) electrons. The molecule has 6 heteroatoms. The zero-order chi connectivity index (χ0) is 19.8. The number of nitrogens with zero attached hydrogens (tertiary/aromatic N) is 1. The van der Waals surface area contributed by atoms with E-state index in [-0.39, 0.29) is 17.9 Å². The third kappa shape index (κ3) is 3.47. The van der Waals surface area contributed by atoms with Crippen LogP contribution in [-0.4, -0.2) is 29.2 Å². The Kier molecular flexibility index (Phi) is 5.07. The Morgan fingerprint density at radius 1 is 1.11 bits per heavy atom. The predicted molar refractivity (Wildman–Crippen MR) is 104 cm³/mol. The Bertz CT molecular complexity index is 908. The number of nitrogens with one attached hydrogen (secondary N) is 1. The molecule has 2 aromatic rings. The van der Waals surface area contributed by atoms with Gasteiger partial charge < -0.3 is 5.32 Å². The Labute approximate surface area is 163 Å². The van der Waals surface area contributed by atoms with Crippen LogP contribution in [0.1, 0.15) is 48.2 Å². The van der Waals surface area contributed by atoms with Crippen molar-refractivity contribution in [2.45, 2.75) is 32.2 Å².